The standard InChI is InChI=1S/C17H34O3Si/c1-9-10-15(20-21(7,8)17(4,5)6)11-14(18)12-16(19)13(2)3/h9-10,13,15-16,19H,11-12H2,1-8H3/b10-9+/t15-,16+/m0/s1. The van der Waals surface area contributed by atoms with Crippen molar-refractivity contribution < 1.29 is 14.3 Å². The summed E-state index contributed by atoms with van der Waals surface area (Å²) in [7, 11) is -1.90. The highest BCUT2D eigenvalue weighted by Crippen LogP contribution is 2.37. The molecule has 0 radical (unpaired) electrons. The molecule has 0 aromatic rings. The number of rotatable bonds is 8. The van der Waals surface area contributed by atoms with Crippen molar-refractivity contribution in [3.63, 3.8) is 0 Å². The molecule has 0 heterocycles. The fourth-order valence-electron chi connectivity index (χ4n) is 1.70. The lowest BCUT2D eigenvalue weighted by atomic mass is 9.99. The molecule has 0 amide bonds. The van der Waals surface area contributed by atoms with Gasteiger partial charge in [0.2, 0.25) is 0 Å². The van der Waals surface area contributed by atoms with E-state index in [0.717, 1.165) is 0 Å². The Hall–Kier alpha value is -0.453. The van der Waals surface area contributed by atoms with Gasteiger partial charge in [-0.1, -0.05) is 46.8 Å². The fraction of sp³-hybridized carbons (Fsp3) is 0.824. The van der Waals surface area contributed by atoms with Crippen LogP contribution in [-0.2, 0) is 9.22 Å². The van der Waals surface area contributed by atoms with E-state index in [4.69, 9.17) is 4.43 Å². The SMILES string of the molecule is C/C=C/[C@@H](CC(=O)C[C@@H](O)C(C)C)O[Si](C)(C)C(C)(C)C. The van der Waals surface area contributed by atoms with Crippen LogP contribution in [0.3, 0.4) is 0 Å². The third kappa shape index (κ3) is 7.39. The van der Waals surface area contributed by atoms with E-state index < -0.39 is 14.4 Å². The van der Waals surface area contributed by atoms with Crippen LogP contribution < -0.4 is 0 Å². The van der Waals surface area contributed by atoms with Crippen LogP contribution in [0.4, 0.5) is 0 Å². The molecule has 1 N–H and O–H groups in total. The van der Waals surface area contributed by atoms with Crippen LogP contribution >= 0.6 is 0 Å². The van der Waals surface area contributed by atoms with Crippen LogP contribution in [0.25, 0.3) is 0 Å². The van der Waals surface area contributed by atoms with Crippen molar-refractivity contribution in [2.24, 2.45) is 5.92 Å². The van der Waals surface area contributed by atoms with Crippen molar-refractivity contribution in [2.45, 2.75) is 84.7 Å². The van der Waals surface area contributed by atoms with Crippen molar-refractivity contribution in [1.82, 2.24) is 0 Å². The van der Waals surface area contributed by atoms with Crippen LogP contribution in [0.2, 0.25) is 18.1 Å². The Bertz CT molecular complexity index is 354. The van der Waals surface area contributed by atoms with E-state index in [1.54, 1.807) is 0 Å². The molecule has 3 nitrogen and oxygen atoms in total. The summed E-state index contributed by atoms with van der Waals surface area (Å²) in [5.41, 5.74) is 0. The van der Waals surface area contributed by atoms with Crippen LogP contribution in [0.1, 0.15) is 54.4 Å². The molecule has 124 valence electrons. The van der Waals surface area contributed by atoms with Crippen LogP contribution in [0.15, 0.2) is 12.2 Å². The molecular formula is C17H34O3Si. The number of carbonyl (C=O) groups excluding carboxylic acids is 1. The predicted octanol–water partition coefficient (Wildman–Crippen LogP) is 4.32. The third-order valence-corrected chi connectivity index (χ3v) is 8.80. The average molecular weight is 315 g/mol. The zero-order valence-corrected chi connectivity index (χ0v) is 16.1. The van der Waals surface area contributed by atoms with Gasteiger partial charge in [0.1, 0.15) is 5.78 Å². The molecule has 0 aliphatic rings. The van der Waals surface area contributed by atoms with Crippen molar-refractivity contribution in [2.75, 3.05) is 0 Å². The summed E-state index contributed by atoms with van der Waals surface area (Å²) in [6.45, 7) is 16.7. The minimum absolute atomic E-state index is 0.0676. The minimum atomic E-state index is -1.90. The second-order valence-corrected chi connectivity index (χ2v) is 12.5. The molecule has 0 unspecified atom stereocenters. The van der Waals surface area contributed by atoms with Crippen molar-refractivity contribution in [3.8, 4) is 0 Å². The Morgan fingerprint density at radius 1 is 1.24 bits per heavy atom. The number of hydrogen-bond acceptors (Lipinski definition) is 3. The van der Waals surface area contributed by atoms with Crippen molar-refractivity contribution >= 4 is 14.1 Å². The lowest BCUT2D eigenvalue weighted by Crippen LogP contribution is -2.44. The summed E-state index contributed by atoms with van der Waals surface area (Å²) >= 11 is 0. The Morgan fingerprint density at radius 3 is 2.14 bits per heavy atom. The zero-order chi connectivity index (χ0) is 16.8. The van der Waals surface area contributed by atoms with Gasteiger partial charge in [-0.3, -0.25) is 4.79 Å². The third-order valence-electron chi connectivity index (χ3n) is 4.29. The molecule has 0 fully saturated rings. The number of hydrogen-bond donors (Lipinski definition) is 1. The first kappa shape index (κ1) is 20.5. The quantitative estimate of drug-likeness (QED) is 0.536. The molecule has 0 aromatic carbocycles. The highest BCUT2D eigenvalue weighted by molar-refractivity contribution is 6.74. The molecule has 0 rings (SSSR count). The van der Waals surface area contributed by atoms with Gasteiger partial charge in [0, 0.05) is 12.8 Å². The van der Waals surface area contributed by atoms with Gasteiger partial charge in [-0.2, -0.15) is 0 Å². The molecule has 4 heteroatoms. The Kier molecular flexibility index (Phi) is 8.07. The summed E-state index contributed by atoms with van der Waals surface area (Å²) < 4.78 is 6.31. The smallest absolute Gasteiger partial charge is 0.192 e. The molecule has 0 bridgehead atoms. The maximum atomic E-state index is 12.1. The van der Waals surface area contributed by atoms with E-state index in [-0.39, 0.29) is 29.3 Å². The summed E-state index contributed by atoms with van der Waals surface area (Å²) in [4.78, 5) is 12.1. The number of aliphatic hydroxyl groups is 1. The monoisotopic (exact) mass is 314 g/mol. The van der Waals surface area contributed by atoms with Gasteiger partial charge in [0.15, 0.2) is 8.32 Å². The largest absolute Gasteiger partial charge is 0.410 e. The Balaban J connectivity index is 4.75. The van der Waals surface area contributed by atoms with E-state index in [1.165, 1.54) is 0 Å². The predicted molar refractivity (Wildman–Crippen MR) is 92.0 cm³/mol. The number of carbonyl (C=O) groups is 1. The van der Waals surface area contributed by atoms with Crippen molar-refractivity contribution in [1.29, 1.82) is 0 Å². The maximum absolute atomic E-state index is 12.1. The number of Topliss-reactive ketones (excluding diaryl/α,β-unsaturated/α-hetero) is 1. The molecule has 0 aromatic heterocycles. The first-order valence-corrected chi connectivity index (χ1v) is 10.8. The fourth-order valence-corrected chi connectivity index (χ4v) is 2.97. The Morgan fingerprint density at radius 2 is 1.76 bits per heavy atom. The van der Waals surface area contributed by atoms with E-state index in [9.17, 15) is 9.90 Å². The van der Waals surface area contributed by atoms with E-state index in [1.807, 2.05) is 32.9 Å². The van der Waals surface area contributed by atoms with Gasteiger partial charge in [0.25, 0.3) is 0 Å². The molecule has 0 aliphatic carbocycles. The first-order chi connectivity index (χ1) is 9.40. The first-order valence-electron chi connectivity index (χ1n) is 7.91. The molecule has 21 heavy (non-hydrogen) atoms. The van der Waals surface area contributed by atoms with Gasteiger partial charge in [0.05, 0.1) is 12.2 Å². The van der Waals surface area contributed by atoms with Gasteiger partial charge >= 0.3 is 0 Å². The van der Waals surface area contributed by atoms with E-state index in [2.05, 4.69) is 33.9 Å². The van der Waals surface area contributed by atoms with Gasteiger partial charge in [-0.05, 0) is 31.0 Å². The molecule has 0 aliphatic heterocycles. The lowest BCUT2D eigenvalue weighted by Gasteiger charge is -2.38. The average Bonchev–Trinajstić information content (AvgIpc) is 2.26. The summed E-state index contributed by atoms with van der Waals surface area (Å²) in [5, 5.41) is 9.95. The van der Waals surface area contributed by atoms with Crippen LogP contribution in [0, 0.1) is 5.92 Å². The molecule has 2 atom stereocenters. The summed E-state index contributed by atoms with van der Waals surface area (Å²) in [6.07, 6.45) is 3.72. The van der Waals surface area contributed by atoms with E-state index >= 15 is 0 Å². The van der Waals surface area contributed by atoms with E-state index in [0.29, 0.717) is 6.42 Å². The lowest BCUT2D eigenvalue weighted by molar-refractivity contribution is -0.122. The number of aliphatic hydroxyl groups excluding tert-OH is 1. The highest BCUT2D eigenvalue weighted by Gasteiger charge is 2.39. The van der Waals surface area contributed by atoms with Gasteiger partial charge in [-0.15, -0.1) is 0 Å². The number of ketones is 1. The molecule has 0 spiro atoms. The zero-order valence-electron chi connectivity index (χ0n) is 15.1. The van der Waals surface area contributed by atoms with Crippen molar-refractivity contribution in [3.05, 3.63) is 12.2 Å². The summed E-state index contributed by atoms with van der Waals surface area (Å²) in [6, 6.07) is 0. The summed E-state index contributed by atoms with van der Waals surface area (Å²) in [5.74, 6) is 0.174. The van der Waals surface area contributed by atoms with Gasteiger partial charge < -0.3 is 9.53 Å². The van der Waals surface area contributed by atoms with Gasteiger partial charge in [-0.25, -0.2) is 0 Å². The molecule has 0 saturated heterocycles. The molecule has 0 saturated carbocycles. The highest BCUT2D eigenvalue weighted by atomic mass is 28.4. The normalized spacial score (nSPS) is 16.5. The minimum Gasteiger partial charge on any atom is -0.410 e. The molecular weight excluding hydrogens is 280 g/mol. The van der Waals surface area contributed by atoms with Crippen LogP contribution in [0.5, 0.6) is 0 Å². The van der Waals surface area contributed by atoms with Crippen LogP contribution in [-0.4, -0.2) is 31.4 Å². The number of allylic oxidation sites excluding steroid dienone is 1. The second-order valence-electron chi connectivity index (χ2n) is 7.70. The topological polar surface area (TPSA) is 46.5 Å². The maximum Gasteiger partial charge on any atom is 0.192 e. The second kappa shape index (κ2) is 8.25. The Labute approximate surface area is 131 Å².